The Kier molecular flexibility index (Phi) is 5.62. The van der Waals surface area contributed by atoms with Gasteiger partial charge in [-0.2, -0.15) is 0 Å². The largest absolute Gasteiger partial charge is 0.491 e. The zero-order chi connectivity index (χ0) is 19.6. The van der Waals surface area contributed by atoms with Crippen LogP contribution in [-0.2, 0) is 10.0 Å². The van der Waals surface area contributed by atoms with Crippen LogP contribution in [0.4, 0.5) is 11.4 Å². The lowest BCUT2D eigenvalue weighted by Crippen LogP contribution is -2.25. The van der Waals surface area contributed by atoms with Crippen LogP contribution in [0.3, 0.4) is 0 Å². The maximum absolute atomic E-state index is 12.4. The van der Waals surface area contributed by atoms with Gasteiger partial charge in [0.15, 0.2) is 0 Å². The number of amides is 1. The van der Waals surface area contributed by atoms with Gasteiger partial charge in [0.1, 0.15) is 5.75 Å². The smallest absolute Gasteiger partial charge is 0.255 e. The maximum Gasteiger partial charge on any atom is 0.255 e. The van der Waals surface area contributed by atoms with Crippen molar-refractivity contribution in [2.24, 2.45) is 0 Å². The van der Waals surface area contributed by atoms with E-state index < -0.39 is 10.0 Å². The fourth-order valence-electron chi connectivity index (χ4n) is 2.84. The van der Waals surface area contributed by atoms with Gasteiger partial charge in [0, 0.05) is 12.1 Å². The van der Waals surface area contributed by atoms with Crippen LogP contribution in [0.15, 0.2) is 42.5 Å². The second-order valence-electron chi connectivity index (χ2n) is 6.55. The van der Waals surface area contributed by atoms with Crippen molar-refractivity contribution in [3.63, 3.8) is 0 Å². The SMILES string of the molecule is CC(C)Oc1ccc(C(=O)Nc2ccc(N3CCCS3(=O)=O)cc2Cl)cc1. The fourth-order valence-corrected chi connectivity index (χ4v) is 4.62. The Morgan fingerprint density at radius 3 is 2.44 bits per heavy atom. The number of hydrogen-bond donors (Lipinski definition) is 1. The van der Waals surface area contributed by atoms with E-state index in [-0.39, 0.29) is 22.8 Å². The van der Waals surface area contributed by atoms with Gasteiger partial charge in [0.25, 0.3) is 5.91 Å². The van der Waals surface area contributed by atoms with Crippen LogP contribution in [-0.4, -0.2) is 32.7 Å². The standard InChI is InChI=1S/C19H21ClN2O4S/c1-13(2)26-16-7-4-14(5-8-16)19(23)21-18-9-6-15(12-17(18)20)22-10-3-11-27(22,24)25/h4-9,12-13H,3,10-11H2,1-2H3,(H,21,23). The van der Waals surface area contributed by atoms with E-state index in [1.54, 1.807) is 42.5 Å². The number of nitrogens with one attached hydrogen (secondary N) is 1. The molecule has 0 unspecified atom stereocenters. The molecule has 1 aliphatic rings. The van der Waals surface area contributed by atoms with Crippen LogP contribution >= 0.6 is 11.6 Å². The average Bonchev–Trinajstić information content (AvgIpc) is 2.96. The summed E-state index contributed by atoms with van der Waals surface area (Å²) in [6, 6.07) is 11.6. The van der Waals surface area contributed by atoms with E-state index >= 15 is 0 Å². The van der Waals surface area contributed by atoms with E-state index in [0.717, 1.165) is 0 Å². The summed E-state index contributed by atoms with van der Waals surface area (Å²) in [7, 11) is -3.27. The molecule has 1 saturated heterocycles. The minimum atomic E-state index is -3.27. The normalized spacial score (nSPS) is 15.8. The highest BCUT2D eigenvalue weighted by Gasteiger charge is 2.28. The van der Waals surface area contributed by atoms with Gasteiger partial charge in [-0.25, -0.2) is 8.42 Å². The van der Waals surface area contributed by atoms with Gasteiger partial charge < -0.3 is 10.1 Å². The third-order valence-corrected chi connectivity index (χ3v) is 6.26. The summed E-state index contributed by atoms with van der Waals surface area (Å²) < 4.78 is 30.9. The number of benzene rings is 2. The third-order valence-electron chi connectivity index (χ3n) is 4.08. The average molecular weight is 409 g/mol. The molecule has 6 nitrogen and oxygen atoms in total. The van der Waals surface area contributed by atoms with Gasteiger partial charge in [-0.3, -0.25) is 9.10 Å². The maximum atomic E-state index is 12.4. The van der Waals surface area contributed by atoms with Gasteiger partial charge in [-0.15, -0.1) is 0 Å². The topological polar surface area (TPSA) is 75.7 Å². The van der Waals surface area contributed by atoms with Crippen LogP contribution in [0.25, 0.3) is 0 Å². The number of anilines is 2. The monoisotopic (exact) mass is 408 g/mol. The molecule has 27 heavy (non-hydrogen) atoms. The number of halogens is 1. The van der Waals surface area contributed by atoms with E-state index in [1.165, 1.54) is 4.31 Å². The Labute approximate surface area is 164 Å². The number of rotatable bonds is 5. The summed E-state index contributed by atoms with van der Waals surface area (Å²) >= 11 is 6.26. The van der Waals surface area contributed by atoms with Crippen molar-refractivity contribution >= 4 is 38.9 Å². The number of sulfonamides is 1. The molecule has 144 valence electrons. The first-order chi connectivity index (χ1) is 12.8. The van der Waals surface area contributed by atoms with Crippen LogP contribution < -0.4 is 14.4 Å². The fraction of sp³-hybridized carbons (Fsp3) is 0.316. The van der Waals surface area contributed by atoms with Crippen molar-refractivity contribution in [3.05, 3.63) is 53.1 Å². The molecule has 1 N–H and O–H groups in total. The molecule has 1 heterocycles. The Morgan fingerprint density at radius 2 is 1.89 bits per heavy atom. The molecule has 3 rings (SSSR count). The van der Waals surface area contributed by atoms with E-state index in [4.69, 9.17) is 16.3 Å². The van der Waals surface area contributed by atoms with Crippen LogP contribution in [0.2, 0.25) is 5.02 Å². The third kappa shape index (κ3) is 4.54. The first-order valence-electron chi connectivity index (χ1n) is 8.64. The highest BCUT2D eigenvalue weighted by molar-refractivity contribution is 7.93. The van der Waals surface area contributed by atoms with Gasteiger partial charge in [-0.05, 0) is 62.7 Å². The molecular weight excluding hydrogens is 388 g/mol. The molecule has 0 aliphatic carbocycles. The summed E-state index contributed by atoms with van der Waals surface area (Å²) in [6.07, 6.45) is 0.649. The number of hydrogen-bond acceptors (Lipinski definition) is 4. The first kappa shape index (κ1) is 19.5. The van der Waals surface area contributed by atoms with Gasteiger partial charge >= 0.3 is 0 Å². The minimum absolute atomic E-state index is 0.0569. The van der Waals surface area contributed by atoms with E-state index in [1.807, 2.05) is 13.8 Å². The quantitative estimate of drug-likeness (QED) is 0.813. The van der Waals surface area contributed by atoms with Gasteiger partial charge in [0.05, 0.1) is 28.3 Å². The number of nitrogens with zero attached hydrogens (tertiary/aromatic N) is 1. The summed E-state index contributed by atoms with van der Waals surface area (Å²) in [5.74, 6) is 0.518. The number of carbonyl (C=O) groups is 1. The Balaban J connectivity index is 1.73. The molecule has 0 spiro atoms. The predicted octanol–water partition coefficient (Wildman–Crippen LogP) is 3.92. The lowest BCUT2D eigenvalue weighted by atomic mass is 10.2. The molecule has 0 radical (unpaired) electrons. The minimum Gasteiger partial charge on any atom is -0.491 e. The van der Waals surface area contributed by atoms with Crippen molar-refractivity contribution in [2.75, 3.05) is 21.9 Å². The van der Waals surface area contributed by atoms with Crippen molar-refractivity contribution in [1.82, 2.24) is 0 Å². The van der Waals surface area contributed by atoms with Crippen LogP contribution in [0, 0.1) is 0 Å². The number of carbonyl (C=O) groups excluding carboxylic acids is 1. The Bertz CT molecular complexity index is 943. The van der Waals surface area contributed by atoms with Gasteiger partial charge in [0.2, 0.25) is 10.0 Å². The lowest BCUT2D eigenvalue weighted by molar-refractivity contribution is 0.102. The molecule has 0 bridgehead atoms. The van der Waals surface area contributed by atoms with E-state index in [2.05, 4.69) is 5.32 Å². The summed E-state index contributed by atoms with van der Waals surface area (Å²) in [5, 5.41) is 3.03. The summed E-state index contributed by atoms with van der Waals surface area (Å²) in [4.78, 5) is 12.4. The van der Waals surface area contributed by atoms with Crippen molar-refractivity contribution in [2.45, 2.75) is 26.4 Å². The predicted molar refractivity (Wildman–Crippen MR) is 107 cm³/mol. The van der Waals surface area contributed by atoms with E-state index in [9.17, 15) is 13.2 Å². The van der Waals surface area contributed by atoms with Crippen molar-refractivity contribution in [1.29, 1.82) is 0 Å². The molecular formula is C19H21ClN2O4S. The highest BCUT2D eigenvalue weighted by Crippen LogP contribution is 2.31. The van der Waals surface area contributed by atoms with Crippen molar-refractivity contribution < 1.29 is 17.9 Å². The van der Waals surface area contributed by atoms with Crippen molar-refractivity contribution in [3.8, 4) is 5.75 Å². The first-order valence-corrected chi connectivity index (χ1v) is 10.6. The molecule has 2 aromatic rings. The van der Waals surface area contributed by atoms with Gasteiger partial charge in [-0.1, -0.05) is 11.6 Å². The summed E-state index contributed by atoms with van der Waals surface area (Å²) in [6.45, 7) is 4.30. The van der Waals surface area contributed by atoms with Crippen LogP contribution in [0.5, 0.6) is 5.75 Å². The number of ether oxygens (including phenoxy) is 1. The Morgan fingerprint density at radius 1 is 1.19 bits per heavy atom. The molecule has 0 aromatic heterocycles. The molecule has 8 heteroatoms. The summed E-state index contributed by atoms with van der Waals surface area (Å²) in [5.41, 5.74) is 1.39. The zero-order valence-electron chi connectivity index (χ0n) is 15.1. The highest BCUT2D eigenvalue weighted by atomic mass is 35.5. The molecule has 1 amide bonds. The van der Waals surface area contributed by atoms with Crippen LogP contribution in [0.1, 0.15) is 30.6 Å². The molecule has 1 aliphatic heterocycles. The molecule has 0 saturated carbocycles. The molecule has 2 aromatic carbocycles. The molecule has 0 atom stereocenters. The van der Waals surface area contributed by atoms with E-state index in [0.29, 0.717) is 35.7 Å². The Hall–Kier alpha value is -2.25. The second kappa shape index (κ2) is 7.78. The zero-order valence-corrected chi connectivity index (χ0v) is 16.7. The second-order valence-corrected chi connectivity index (χ2v) is 8.97. The molecule has 1 fully saturated rings. The lowest BCUT2D eigenvalue weighted by Gasteiger charge is -2.18.